The van der Waals surface area contributed by atoms with Gasteiger partial charge in [0.15, 0.2) is 16.9 Å². The van der Waals surface area contributed by atoms with Crippen molar-refractivity contribution in [2.75, 3.05) is 32.0 Å². The number of rotatable bonds is 14. The molecule has 1 saturated heterocycles. The minimum atomic E-state index is -5.13. The van der Waals surface area contributed by atoms with Crippen molar-refractivity contribution in [2.45, 2.75) is 39.5 Å². The van der Waals surface area contributed by atoms with E-state index in [1.807, 2.05) is 5.32 Å². The van der Waals surface area contributed by atoms with Gasteiger partial charge in [0.2, 0.25) is 12.5 Å². The van der Waals surface area contributed by atoms with Crippen molar-refractivity contribution in [2.24, 2.45) is 10.9 Å². The number of nitrogens with zero attached hydrogens (tertiary/aromatic N) is 5. The van der Waals surface area contributed by atoms with E-state index in [1.54, 1.807) is 0 Å². The summed E-state index contributed by atoms with van der Waals surface area (Å²) in [5, 5.41) is 17.5. The first-order valence-corrected chi connectivity index (χ1v) is 15.4. The number of non-ortho nitro benzene ring substituents is 1. The van der Waals surface area contributed by atoms with E-state index >= 15 is 0 Å². The fraction of sp³-hybridized carbons (Fsp3) is 0.417. The van der Waals surface area contributed by atoms with Crippen LogP contribution in [0.5, 0.6) is 0 Å². The van der Waals surface area contributed by atoms with Gasteiger partial charge in [0.1, 0.15) is 18.3 Å². The topological polar surface area (TPSA) is 280 Å². The molecule has 0 bridgehead atoms. The Morgan fingerprint density at radius 3 is 2.24 bits per heavy atom. The number of nitro groups is 1. The molecule has 2 aromatic rings. The maximum atomic E-state index is 12.8. The Labute approximate surface area is 261 Å². The minimum absolute atomic E-state index is 0.00953. The lowest BCUT2D eigenvalue weighted by atomic mass is 9.98. The number of nitrogens with two attached hydrogens (primary N) is 2. The van der Waals surface area contributed by atoms with Gasteiger partial charge in [0.05, 0.1) is 4.92 Å². The smallest absolute Gasteiger partial charge is 0.363 e. The normalized spacial score (nSPS) is 16.2. The molecule has 0 spiro atoms. The number of nitro benzene ring substituents is 1. The molecule has 1 aromatic heterocycles. The summed E-state index contributed by atoms with van der Waals surface area (Å²) in [5.74, 6) is -4.81. The monoisotopic (exact) mass is 672 g/mol. The van der Waals surface area contributed by atoms with Crippen LogP contribution < -0.4 is 16.8 Å². The number of amides is 3. The zero-order valence-corrected chi connectivity index (χ0v) is 25.9. The summed E-state index contributed by atoms with van der Waals surface area (Å²) in [6, 6.07) is 1.51. The molecule has 0 aliphatic carbocycles. The molecule has 0 saturated carbocycles. The lowest BCUT2D eigenvalue weighted by Gasteiger charge is -2.41. The summed E-state index contributed by atoms with van der Waals surface area (Å²) in [6.45, 7) is 9.08. The Hall–Kier alpha value is -4.73. The number of nitrogen functional groups attached to an aromatic ring is 1. The molecule has 6 N–H and O–H groups in total. The van der Waals surface area contributed by atoms with Crippen LogP contribution in [-0.4, -0.2) is 99.8 Å². The van der Waals surface area contributed by atoms with E-state index in [2.05, 4.69) is 35.8 Å². The number of carbonyl (C=O) groups excluding carboxylic acids is 4. The summed E-state index contributed by atoms with van der Waals surface area (Å²) < 4.78 is 36.5. The predicted molar refractivity (Wildman–Crippen MR) is 159 cm³/mol. The quantitative estimate of drug-likeness (QED) is 0.0488. The Bertz CT molecular complexity index is 1520. The highest BCUT2D eigenvalue weighted by molar-refractivity contribution is 7.84. The molecule has 1 aromatic carbocycles. The van der Waals surface area contributed by atoms with Gasteiger partial charge in [-0.3, -0.25) is 29.1 Å². The number of carbonyl (C=O) groups is 4. The molecular formula is C24H32N8O11S2. The molecule has 21 heteroatoms. The third kappa shape index (κ3) is 10.2. The van der Waals surface area contributed by atoms with Crippen LogP contribution in [0.25, 0.3) is 0 Å². The predicted octanol–water partition coefficient (Wildman–Crippen LogP) is -0.571. The largest absolute Gasteiger partial charge is 0.458 e. The maximum absolute atomic E-state index is 12.8. The van der Waals surface area contributed by atoms with Gasteiger partial charge >= 0.3 is 16.3 Å². The van der Waals surface area contributed by atoms with Crippen LogP contribution in [0.2, 0.25) is 0 Å². The van der Waals surface area contributed by atoms with Gasteiger partial charge in [0, 0.05) is 17.5 Å². The number of thiazole rings is 1. The van der Waals surface area contributed by atoms with Crippen LogP contribution in [0.15, 0.2) is 34.8 Å². The number of oxime groups is 1. The molecule has 246 valence electrons. The molecule has 2 heterocycles. The van der Waals surface area contributed by atoms with Crippen LogP contribution >= 0.6 is 11.3 Å². The number of β-lactam (4-membered cyclic amide) rings is 1. The van der Waals surface area contributed by atoms with Gasteiger partial charge in [-0.05, 0) is 37.3 Å². The van der Waals surface area contributed by atoms with E-state index in [9.17, 15) is 37.7 Å². The molecule has 1 fully saturated rings. The number of primary amides is 1. The summed E-state index contributed by atoms with van der Waals surface area (Å²) in [6.07, 6.45) is 0. The Kier molecular flexibility index (Phi) is 13.3. The summed E-state index contributed by atoms with van der Waals surface area (Å²) in [7, 11) is -5.13. The number of hydrogen-bond acceptors (Lipinski definition) is 15. The van der Waals surface area contributed by atoms with Crippen LogP contribution in [0.4, 0.5) is 10.8 Å². The highest BCUT2D eigenvalue weighted by Gasteiger charge is 2.57. The fourth-order valence-electron chi connectivity index (χ4n) is 3.69. The van der Waals surface area contributed by atoms with Crippen LogP contribution in [-0.2, 0) is 45.7 Å². The standard InChI is InChI=1S/C18H17N7O11S2.C6H15N/c19-15(27)14-13(17(29)24(14)38(32,33)34)22-16(28)12(10-7-37-18(20)21-10)23-36-6-11(26)35-5-8-1-3-9(4-2-8)25(30)31;1-4-7(5-2)6-3/h1-4,7,13-14H,5-6H2,(H2,19,27)(H2,20,21)(H,22,28)(H,32,33,34);4-6H2,1-3H3/t13-,14-;/m0./s1. The van der Waals surface area contributed by atoms with Crippen LogP contribution in [0.3, 0.4) is 0 Å². The Morgan fingerprint density at radius 2 is 1.80 bits per heavy atom. The van der Waals surface area contributed by atoms with E-state index in [4.69, 9.17) is 25.6 Å². The summed E-state index contributed by atoms with van der Waals surface area (Å²) in [5.41, 5.74) is 10.2. The van der Waals surface area contributed by atoms with Gasteiger partial charge in [-0.2, -0.15) is 12.7 Å². The first kappa shape index (κ1) is 36.5. The fourth-order valence-corrected chi connectivity index (χ4v) is 5.09. The number of benzene rings is 1. The third-order valence-electron chi connectivity index (χ3n) is 6.08. The van der Waals surface area contributed by atoms with Gasteiger partial charge in [-0.15, -0.1) is 11.3 Å². The van der Waals surface area contributed by atoms with Crippen molar-refractivity contribution in [3.63, 3.8) is 0 Å². The van der Waals surface area contributed by atoms with E-state index in [-0.39, 0.29) is 27.4 Å². The Balaban J connectivity index is 0.000000900. The minimum Gasteiger partial charge on any atom is -0.458 e. The van der Waals surface area contributed by atoms with Gasteiger partial charge in [0.25, 0.3) is 17.5 Å². The molecule has 2 atom stereocenters. The highest BCUT2D eigenvalue weighted by atomic mass is 32.2. The van der Waals surface area contributed by atoms with Crippen LogP contribution in [0.1, 0.15) is 32.0 Å². The van der Waals surface area contributed by atoms with Crippen molar-refractivity contribution in [3.05, 3.63) is 51.0 Å². The lowest BCUT2D eigenvalue weighted by Crippen LogP contribution is -2.75. The van der Waals surface area contributed by atoms with Gasteiger partial charge < -0.3 is 31.3 Å². The zero-order valence-electron chi connectivity index (χ0n) is 24.3. The molecule has 1 aliphatic rings. The average Bonchev–Trinajstić information content (AvgIpc) is 3.41. The Morgan fingerprint density at radius 1 is 1.20 bits per heavy atom. The first-order valence-electron chi connectivity index (χ1n) is 13.1. The number of anilines is 1. The molecule has 3 amide bonds. The highest BCUT2D eigenvalue weighted by Crippen LogP contribution is 2.24. The summed E-state index contributed by atoms with van der Waals surface area (Å²) >= 11 is 0.902. The molecule has 1 aliphatic heterocycles. The van der Waals surface area contributed by atoms with Crippen molar-refractivity contribution < 1.29 is 46.6 Å². The third-order valence-corrected chi connectivity index (χ3v) is 7.66. The van der Waals surface area contributed by atoms with Crippen LogP contribution in [0, 0.1) is 10.1 Å². The summed E-state index contributed by atoms with van der Waals surface area (Å²) in [4.78, 5) is 69.7. The van der Waals surface area contributed by atoms with Crippen molar-refractivity contribution in [1.29, 1.82) is 0 Å². The molecule has 3 rings (SSSR count). The van der Waals surface area contributed by atoms with Crippen molar-refractivity contribution in [1.82, 2.24) is 19.5 Å². The first-order chi connectivity index (χ1) is 21.1. The van der Waals surface area contributed by atoms with Crippen molar-refractivity contribution in [3.8, 4) is 0 Å². The molecule has 0 unspecified atom stereocenters. The van der Waals surface area contributed by atoms with Crippen molar-refractivity contribution >= 4 is 61.9 Å². The average molecular weight is 673 g/mol. The lowest BCUT2D eigenvalue weighted by molar-refractivity contribution is -0.384. The number of esters is 1. The van der Waals surface area contributed by atoms with Gasteiger partial charge in [-0.1, -0.05) is 25.9 Å². The van der Waals surface area contributed by atoms with Gasteiger partial charge in [-0.25, -0.2) is 9.78 Å². The van der Waals surface area contributed by atoms with E-state index < -0.39 is 63.3 Å². The number of hydrogen-bond donors (Lipinski definition) is 4. The van der Waals surface area contributed by atoms with E-state index in [1.165, 1.54) is 49.3 Å². The second-order valence-electron chi connectivity index (χ2n) is 8.90. The maximum Gasteiger partial charge on any atom is 0.363 e. The number of nitrogens with one attached hydrogen (secondary N) is 1. The second kappa shape index (κ2) is 16.4. The molecule has 45 heavy (non-hydrogen) atoms. The molecular weight excluding hydrogens is 640 g/mol. The number of ether oxygens (including phenoxy) is 1. The number of aromatic nitrogens is 1. The SMILES string of the molecule is CCN(CC)CC.NC(=O)[C@@H]1[C@H](NC(=O)C(=NOCC(=O)OCc2ccc([N+](=O)[O-])cc2)c2csc(N)n2)C(=O)N1S(=O)(=O)O. The second-order valence-corrected chi connectivity index (χ2v) is 11.1. The molecule has 0 radical (unpaired) electrons. The zero-order chi connectivity index (χ0) is 33.9. The van der Waals surface area contributed by atoms with E-state index in [0.717, 1.165) is 11.3 Å². The molecule has 19 nitrogen and oxygen atoms in total. The van der Waals surface area contributed by atoms with E-state index in [0.29, 0.717) is 5.56 Å².